The number of hydroxylamine groups is 2. The number of fused-ring (bicyclic) bond motifs is 2. The van der Waals surface area contributed by atoms with Crippen LogP contribution in [0.2, 0.25) is 0 Å². The average molecular weight is 907 g/mol. The number of anilines is 1. The van der Waals surface area contributed by atoms with E-state index in [-0.39, 0.29) is 50.0 Å². The molecule has 2 N–H and O–H groups in total. The molecule has 16 nitrogen and oxygen atoms in total. The van der Waals surface area contributed by atoms with Crippen molar-refractivity contribution in [1.29, 1.82) is 0 Å². The predicted molar refractivity (Wildman–Crippen MR) is 234 cm³/mol. The Kier molecular flexibility index (Phi) is 14.8. The molecule has 0 radical (unpaired) electrons. The van der Waals surface area contributed by atoms with Crippen molar-refractivity contribution in [3.05, 3.63) is 107 Å². The van der Waals surface area contributed by atoms with Crippen molar-refractivity contribution in [2.75, 3.05) is 57.7 Å². The van der Waals surface area contributed by atoms with Crippen LogP contribution in [0.5, 0.6) is 0 Å². The molecule has 18 heteroatoms. The first-order valence-electron chi connectivity index (χ1n) is 20.4. The van der Waals surface area contributed by atoms with Crippen LogP contribution in [0.4, 0.5) is 5.69 Å². The molecule has 0 saturated carbocycles. The fourth-order valence-electron chi connectivity index (χ4n) is 8.15. The molecule has 4 aliphatic rings. The summed E-state index contributed by atoms with van der Waals surface area (Å²) in [6.45, 7) is 6.12. The summed E-state index contributed by atoms with van der Waals surface area (Å²) in [6.07, 6.45) is 5.39. The lowest BCUT2D eigenvalue weighted by Crippen LogP contribution is -2.35. The van der Waals surface area contributed by atoms with Crippen LogP contribution in [0.3, 0.4) is 0 Å². The maximum Gasteiger partial charge on any atom is 0.333 e. The number of carbonyl (C=O) groups excluding carboxylic acids is 3. The lowest BCUT2D eigenvalue weighted by Gasteiger charge is -2.30. The van der Waals surface area contributed by atoms with Gasteiger partial charge >= 0.3 is 5.97 Å². The van der Waals surface area contributed by atoms with Gasteiger partial charge < -0.3 is 23.6 Å². The SMILES string of the molecule is COCC[N+](CCOC)=c1ccc2c(-c3ccccc3)c(C)c(/C=C/C=C3/N(CCCS(=O)(=O)O)c4ccc(S(=O)(=O)O)cc4C3(C)CCCC(=O)ON3C(=O)CCC3=O)oc-2c1. The van der Waals surface area contributed by atoms with Crippen molar-refractivity contribution >= 4 is 49.8 Å². The Morgan fingerprint density at radius 1 is 0.921 bits per heavy atom. The molecule has 1 fully saturated rings. The molecule has 1 aliphatic carbocycles. The molecule has 63 heavy (non-hydrogen) atoms. The second kappa shape index (κ2) is 19.9. The van der Waals surface area contributed by atoms with E-state index in [9.17, 15) is 40.3 Å². The third-order valence-electron chi connectivity index (χ3n) is 11.3. The second-order valence-electron chi connectivity index (χ2n) is 15.6. The highest BCUT2D eigenvalue weighted by Crippen LogP contribution is 2.51. The zero-order chi connectivity index (χ0) is 45.5. The minimum Gasteiger partial charge on any atom is -0.456 e. The summed E-state index contributed by atoms with van der Waals surface area (Å²) in [5.41, 5.74) is 4.20. The molecule has 3 aliphatic heterocycles. The summed E-state index contributed by atoms with van der Waals surface area (Å²) >= 11 is 0. The van der Waals surface area contributed by atoms with Crippen molar-refractivity contribution in [3.8, 4) is 22.5 Å². The van der Waals surface area contributed by atoms with Gasteiger partial charge in [-0.3, -0.25) is 18.7 Å². The molecule has 336 valence electrons. The Morgan fingerprint density at radius 3 is 2.24 bits per heavy atom. The molecular weight excluding hydrogens is 855 g/mol. The molecule has 2 aromatic carbocycles. The van der Waals surface area contributed by atoms with Crippen molar-refractivity contribution in [1.82, 2.24) is 9.64 Å². The smallest absolute Gasteiger partial charge is 0.333 e. The van der Waals surface area contributed by atoms with Crippen LogP contribution in [0, 0.1) is 6.92 Å². The number of hydrogen-bond donors (Lipinski definition) is 2. The van der Waals surface area contributed by atoms with Gasteiger partial charge in [0.2, 0.25) is 5.36 Å². The van der Waals surface area contributed by atoms with E-state index in [1.807, 2.05) is 67.3 Å². The fourth-order valence-corrected chi connectivity index (χ4v) is 9.15. The maximum absolute atomic E-state index is 12.9. The first-order valence-corrected chi connectivity index (χ1v) is 23.5. The number of amides is 2. The molecular formula is C45H52N3O13S2+. The minimum absolute atomic E-state index is 0.00661. The number of carbonyl (C=O) groups is 3. The summed E-state index contributed by atoms with van der Waals surface area (Å²) in [4.78, 5) is 43.6. The summed E-state index contributed by atoms with van der Waals surface area (Å²) in [7, 11) is -5.69. The molecule has 1 unspecified atom stereocenters. The Bertz CT molecular complexity index is 2670. The molecule has 1 saturated heterocycles. The van der Waals surface area contributed by atoms with Crippen LogP contribution in [0.15, 0.2) is 93.9 Å². The van der Waals surface area contributed by atoms with Gasteiger partial charge in [0.05, 0.1) is 16.7 Å². The van der Waals surface area contributed by atoms with Gasteiger partial charge in [-0.1, -0.05) is 36.4 Å². The standard InChI is InChI=1S/C45H51N3O13S2/c1-31-38(60-39-29-33(46(24-26-58-3)25-27-59-4)16-18-35(39)44(31)32-11-6-5-7-12-32)13-8-14-40-45(2,22-9-15-43(51)61-48-41(49)20-21-42(48)50)36-30-34(63(55,56)57)17-19-37(36)47(40)23-10-28-62(52,53)54/h5-8,11-14,16-19,29-30H,9-10,15,20-28H2,1-4H3,(H-,52,53,54,55,56,57)/p+1. The monoisotopic (exact) mass is 906 g/mol. The van der Waals surface area contributed by atoms with Crippen molar-refractivity contribution in [2.24, 2.45) is 0 Å². The third-order valence-corrected chi connectivity index (χ3v) is 13.0. The molecule has 0 bridgehead atoms. The summed E-state index contributed by atoms with van der Waals surface area (Å²) < 4.78 is 87.7. The largest absolute Gasteiger partial charge is 0.456 e. The van der Waals surface area contributed by atoms with E-state index in [1.165, 1.54) is 18.2 Å². The zero-order valence-corrected chi connectivity index (χ0v) is 37.2. The van der Waals surface area contributed by atoms with Gasteiger partial charge in [-0.25, -0.2) is 9.37 Å². The summed E-state index contributed by atoms with van der Waals surface area (Å²) in [5, 5.41) is 1.38. The lowest BCUT2D eigenvalue weighted by molar-refractivity contribution is -0.197. The molecule has 2 amide bonds. The van der Waals surface area contributed by atoms with Crippen LogP contribution in [0.1, 0.15) is 62.3 Å². The summed E-state index contributed by atoms with van der Waals surface area (Å²) in [6, 6.07) is 20.1. The first-order chi connectivity index (χ1) is 29.9. The Hall–Kier alpha value is -5.50. The van der Waals surface area contributed by atoms with Crippen LogP contribution in [-0.4, -0.2) is 102 Å². The number of allylic oxidation sites excluding steroid dienone is 3. The Morgan fingerprint density at radius 2 is 1.60 bits per heavy atom. The Balaban J connectivity index is 1.46. The molecule has 1 atom stereocenters. The predicted octanol–water partition coefficient (Wildman–Crippen LogP) is 5.40. The van der Waals surface area contributed by atoms with Crippen LogP contribution in [-0.2, 0) is 54.3 Å². The third kappa shape index (κ3) is 11.0. The second-order valence-corrected chi connectivity index (χ2v) is 18.6. The van der Waals surface area contributed by atoms with E-state index in [0.717, 1.165) is 27.6 Å². The number of hydrogen-bond acceptors (Lipinski definition) is 12. The molecule has 3 heterocycles. The normalized spacial score (nSPS) is 17.4. The van der Waals surface area contributed by atoms with E-state index in [4.69, 9.17) is 18.7 Å². The molecule has 0 aromatic heterocycles. The molecule has 2 aromatic rings. The van der Waals surface area contributed by atoms with Crippen LogP contribution >= 0.6 is 0 Å². The van der Waals surface area contributed by atoms with Crippen molar-refractivity contribution in [2.45, 2.75) is 62.7 Å². The number of rotatable bonds is 19. The molecule has 0 spiro atoms. The number of nitrogens with zero attached hydrogens (tertiary/aromatic N) is 3. The summed E-state index contributed by atoms with van der Waals surface area (Å²) in [5.74, 6) is -1.43. The number of methoxy groups -OCH3 is 2. The maximum atomic E-state index is 12.9. The zero-order valence-electron chi connectivity index (χ0n) is 35.6. The molecule has 6 rings (SSSR count). The van der Waals surface area contributed by atoms with E-state index >= 15 is 0 Å². The fraction of sp³-hybridized carbons (Fsp3) is 0.378. The van der Waals surface area contributed by atoms with E-state index in [2.05, 4.69) is 4.58 Å². The van der Waals surface area contributed by atoms with Gasteiger partial charge in [-0.15, -0.1) is 5.06 Å². The Labute approximate surface area is 366 Å². The van der Waals surface area contributed by atoms with E-state index in [1.54, 1.807) is 32.4 Å². The number of imide groups is 1. The highest BCUT2D eigenvalue weighted by Gasteiger charge is 2.44. The van der Waals surface area contributed by atoms with Gasteiger partial charge in [0.25, 0.3) is 32.1 Å². The quantitative estimate of drug-likeness (QED) is 0.0686. The number of benzene rings is 3. The van der Waals surface area contributed by atoms with Gasteiger partial charge in [-0.05, 0) is 86.2 Å². The van der Waals surface area contributed by atoms with E-state index in [0.29, 0.717) is 59.8 Å². The van der Waals surface area contributed by atoms with Crippen molar-refractivity contribution in [3.63, 3.8) is 0 Å². The van der Waals surface area contributed by atoms with Gasteiger partial charge in [0.15, 0.2) is 13.1 Å². The van der Waals surface area contributed by atoms with Crippen LogP contribution in [0.25, 0.3) is 28.5 Å². The minimum atomic E-state index is -4.66. The van der Waals surface area contributed by atoms with E-state index < -0.39 is 49.2 Å². The number of ether oxygens (including phenoxy) is 2. The van der Waals surface area contributed by atoms with Crippen molar-refractivity contribution < 1.29 is 59.1 Å². The van der Waals surface area contributed by atoms with Gasteiger partial charge in [-0.2, -0.15) is 16.8 Å². The van der Waals surface area contributed by atoms with Crippen LogP contribution < -0.4 is 14.8 Å². The van der Waals surface area contributed by atoms with Gasteiger partial charge in [0, 0.05) is 74.0 Å². The highest BCUT2D eigenvalue weighted by molar-refractivity contribution is 7.86. The average Bonchev–Trinajstić information content (AvgIpc) is 3.67. The topological polar surface area (TPSA) is 210 Å². The first kappa shape index (κ1) is 47.0. The lowest BCUT2D eigenvalue weighted by atomic mass is 9.77. The highest BCUT2D eigenvalue weighted by atomic mass is 32.2. The van der Waals surface area contributed by atoms with Gasteiger partial charge in [0.1, 0.15) is 24.7 Å².